The minimum absolute atomic E-state index is 0.0973. The molecule has 2 rings (SSSR count). The fourth-order valence-corrected chi connectivity index (χ4v) is 1.80. The zero-order chi connectivity index (χ0) is 15.2. The molecule has 21 heavy (non-hydrogen) atoms. The van der Waals surface area contributed by atoms with Gasteiger partial charge in [-0.3, -0.25) is 4.79 Å². The van der Waals surface area contributed by atoms with Crippen molar-refractivity contribution in [3.05, 3.63) is 58.6 Å². The maximum atomic E-state index is 11.8. The molecule has 0 saturated heterocycles. The number of phenolic OH excluding ortho intramolecular Hbond substituents is 1. The highest BCUT2D eigenvalue weighted by Crippen LogP contribution is 2.20. The van der Waals surface area contributed by atoms with Gasteiger partial charge < -0.3 is 9.84 Å². The maximum absolute atomic E-state index is 11.8. The van der Waals surface area contributed by atoms with E-state index in [2.05, 4.69) is 10.5 Å². The molecule has 6 heteroatoms. The first-order valence-electron chi connectivity index (χ1n) is 6.06. The molecule has 0 aliphatic carbocycles. The van der Waals surface area contributed by atoms with Crippen molar-refractivity contribution in [1.29, 1.82) is 0 Å². The van der Waals surface area contributed by atoms with Gasteiger partial charge in [0.25, 0.3) is 5.91 Å². The molecule has 0 spiro atoms. The first-order valence-corrected chi connectivity index (χ1v) is 6.44. The summed E-state index contributed by atoms with van der Waals surface area (Å²) in [5.74, 6) is 0.362. The first kappa shape index (κ1) is 14.9. The van der Waals surface area contributed by atoms with Crippen molar-refractivity contribution in [3.63, 3.8) is 0 Å². The number of hydrogen-bond donors (Lipinski definition) is 2. The summed E-state index contributed by atoms with van der Waals surface area (Å²) in [5.41, 5.74) is 3.43. The Morgan fingerprint density at radius 3 is 2.62 bits per heavy atom. The molecule has 0 radical (unpaired) electrons. The summed E-state index contributed by atoms with van der Waals surface area (Å²) >= 11 is 6.05. The first-order chi connectivity index (χ1) is 10.1. The van der Waals surface area contributed by atoms with Gasteiger partial charge in [-0.15, -0.1) is 0 Å². The lowest BCUT2D eigenvalue weighted by atomic mass is 10.2. The average Bonchev–Trinajstić information content (AvgIpc) is 2.49. The summed E-state index contributed by atoms with van der Waals surface area (Å²) in [6.07, 6.45) is 1.44. The fourth-order valence-electron chi connectivity index (χ4n) is 1.58. The molecular weight excluding hydrogens is 292 g/mol. The van der Waals surface area contributed by atoms with Gasteiger partial charge in [0.05, 0.1) is 18.3 Å². The second-order valence-corrected chi connectivity index (χ2v) is 4.54. The number of nitrogens with zero attached hydrogens (tertiary/aromatic N) is 1. The zero-order valence-electron chi connectivity index (χ0n) is 11.2. The third-order valence-electron chi connectivity index (χ3n) is 2.71. The largest absolute Gasteiger partial charge is 0.508 e. The van der Waals surface area contributed by atoms with Crippen LogP contribution in [-0.4, -0.2) is 24.3 Å². The minimum atomic E-state index is -0.379. The monoisotopic (exact) mass is 304 g/mol. The van der Waals surface area contributed by atoms with Crippen molar-refractivity contribution in [1.82, 2.24) is 5.43 Å². The van der Waals surface area contributed by atoms with Crippen LogP contribution in [0, 0.1) is 0 Å². The summed E-state index contributed by atoms with van der Waals surface area (Å²) in [5, 5.41) is 13.5. The van der Waals surface area contributed by atoms with E-state index in [0.29, 0.717) is 21.9 Å². The number of benzene rings is 2. The van der Waals surface area contributed by atoms with Gasteiger partial charge >= 0.3 is 0 Å². The van der Waals surface area contributed by atoms with Crippen LogP contribution in [0.4, 0.5) is 0 Å². The van der Waals surface area contributed by atoms with Crippen molar-refractivity contribution in [2.75, 3.05) is 7.11 Å². The zero-order valence-corrected chi connectivity index (χ0v) is 12.0. The molecule has 0 bridgehead atoms. The van der Waals surface area contributed by atoms with Crippen LogP contribution in [0.2, 0.25) is 5.02 Å². The van der Waals surface area contributed by atoms with Crippen LogP contribution in [-0.2, 0) is 0 Å². The number of hydrazone groups is 1. The Hall–Kier alpha value is -2.53. The predicted octanol–water partition coefficient (Wildman–Crippen LogP) is 2.82. The topological polar surface area (TPSA) is 70.9 Å². The molecule has 0 aromatic heterocycles. The molecule has 1 amide bonds. The van der Waals surface area contributed by atoms with E-state index in [-0.39, 0.29) is 11.7 Å². The van der Waals surface area contributed by atoms with Gasteiger partial charge in [0.2, 0.25) is 0 Å². The van der Waals surface area contributed by atoms with Gasteiger partial charge in [0.15, 0.2) is 0 Å². The number of hydrogen-bond acceptors (Lipinski definition) is 4. The number of carbonyl (C=O) groups excluding carboxylic acids is 1. The van der Waals surface area contributed by atoms with Crippen LogP contribution >= 0.6 is 11.6 Å². The maximum Gasteiger partial charge on any atom is 0.271 e. The highest BCUT2D eigenvalue weighted by Gasteiger charge is 2.04. The summed E-state index contributed by atoms with van der Waals surface area (Å²) < 4.78 is 5.04. The molecule has 0 aliphatic heterocycles. The number of halogens is 1. The highest BCUT2D eigenvalue weighted by atomic mass is 35.5. The second-order valence-electron chi connectivity index (χ2n) is 4.13. The van der Waals surface area contributed by atoms with E-state index in [1.165, 1.54) is 30.5 Å². The second kappa shape index (κ2) is 6.76. The number of aromatic hydroxyl groups is 1. The summed E-state index contributed by atoms with van der Waals surface area (Å²) in [4.78, 5) is 11.8. The smallest absolute Gasteiger partial charge is 0.271 e. The quantitative estimate of drug-likeness (QED) is 0.674. The Bertz CT molecular complexity index is 669. The fraction of sp³-hybridized carbons (Fsp3) is 0.0667. The van der Waals surface area contributed by atoms with Crippen LogP contribution in [0.5, 0.6) is 11.5 Å². The number of carbonyl (C=O) groups is 1. The summed E-state index contributed by atoms with van der Waals surface area (Å²) in [7, 11) is 1.55. The molecule has 2 N–H and O–H groups in total. The van der Waals surface area contributed by atoms with Gasteiger partial charge in [0.1, 0.15) is 11.5 Å². The standard InChI is InChI=1S/C15H13ClN2O3/c1-21-13-7-4-11(14(16)8-13)9-17-18-15(20)10-2-5-12(19)6-3-10/h2-9,19H,1H3,(H,18,20). The third-order valence-corrected chi connectivity index (χ3v) is 3.03. The normalized spacial score (nSPS) is 10.6. The molecule has 0 heterocycles. The Kier molecular flexibility index (Phi) is 4.79. The van der Waals surface area contributed by atoms with Crippen molar-refractivity contribution >= 4 is 23.7 Å². The van der Waals surface area contributed by atoms with E-state index in [9.17, 15) is 4.79 Å². The summed E-state index contributed by atoms with van der Waals surface area (Å²) in [6, 6.07) is 11.0. The van der Waals surface area contributed by atoms with Gasteiger partial charge in [-0.1, -0.05) is 11.6 Å². The number of methoxy groups -OCH3 is 1. The average molecular weight is 305 g/mol. The third kappa shape index (κ3) is 3.97. The number of rotatable bonds is 4. The molecule has 2 aromatic rings. The Morgan fingerprint density at radius 1 is 1.29 bits per heavy atom. The van der Waals surface area contributed by atoms with Crippen molar-refractivity contribution in [3.8, 4) is 11.5 Å². The Labute approximate surface area is 126 Å². The number of nitrogens with one attached hydrogen (secondary N) is 1. The van der Waals surface area contributed by atoms with Gasteiger partial charge in [0, 0.05) is 11.1 Å². The van der Waals surface area contributed by atoms with Crippen LogP contribution in [0.1, 0.15) is 15.9 Å². The van der Waals surface area contributed by atoms with Crippen molar-refractivity contribution in [2.45, 2.75) is 0 Å². The van der Waals surface area contributed by atoms with Crippen molar-refractivity contribution in [2.24, 2.45) is 5.10 Å². The van der Waals surface area contributed by atoms with E-state index < -0.39 is 0 Å². The van der Waals surface area contributed by atoms with Gasteiger partial charge in [-0.05, 0) is 42.5 Å². The predicted molar refractivity (Wildman–Crippen MR) is 81.2 cm³/mol. The molecule has 0 atom stereocenters. The molecule has 0 unspecified atom stereocenters. The molecule has 0 saturated carbocycles. The van der Waals surface area contributed by atoms with Crippen LogP contribution in [0.25, 0.3) is 0 Å². The SMILES string of the molecule is COc1ccc(C=NNC(=O)c2ccc(O)cc2)c(Cl)c1. The lowest BCUT2D eigenvalue weighted by Gasteiger charge is -2.03. The lowest BCUT2D eigenvalue weighted by Crippen LogP contribution is -2.17. The van der Waals surface area contributed by atoms with Crippen molar-refractivity contribution < 1.29 is 14.6 Å². The highest BCUT2D eigenvalue weighted by molar-refractivity contribution is 6.33. The number of amides is 1. The lowest BCUT2D eigenvalue weighted by molar-refractivity contribution is 0.0955. The molecule has 108 valence electrons. The molecule has 2 aromatic carbocycles. The molecule has 0 aliphatic rings. The van der Waals surface area contributed by atoms with Gasteiger partial charge in [-0.25, -0.2) is 5.43 Å². The Morgan fingerprint density at radius 2 is 2.00 bits per heavy atom. The minimum Gasteiger partial charge on any atom is -0.508 e. The van der Waals surface area contributed by atoms with Gasteiger partial charge in [-0.2, -0.15) is 5.10 Å². The van der Waals surface area contributed by atoms with E-state index in [0.717, 1.165) is 0 Å². The summed E-state index contributed by atoms with van der Waals surface area (Å²) in [6.45, 7) is 0. The van der Waals surface area contributed by atoms with E-state index in [1.807, 2.05) is 0 Å². The molecule has 0 fully saturated rings. The molecular formula is C15H13ClN2O3. The number of ether oxygens (including phenoxy) is 1. The van der Waals surface area contributed by atoms with Crippen LogP contribution in [0.15, 0.2) is 47.6 Å². The van der Waals surface area contributed by atoms with E-state index in [1.54, 1.807) is 25.3 Å². The Balaban J connectivity index is 2.02. The van der Waals surface area contributed by atoms with E-state index in [4.69, 9.17) is 21.4 Å². The van der Waals surface area contributed by atoms with Crippen LogP contribution < -0.4 is 10.2 Å². The number of phenols is 1. The van der Waals surface area contributed by atoms with Crippen LogP contribution in [0.3, 0.4) is 0 Å². The van der Waals surface area contributed by atoms with E-state index >= 15 is 0 Å². The molecule has 5 nitrogen and oxygen atoms in total.